The molecule has 0 saturated carbocycles. The average Bonchev–Trinajstić information content (AvgIpc) is 2.85. The van der Waals surface area contributed by atoms with Crippen molar-refractivity contribution in [3.8, 4) is 10.4 Å². The van der Waals surface area contributed by atoms with Crippen LogP contribution in [0.1, 0.15) is 23.1 Å². The van der Waals surface area contributed by atoms with Crippen LogP contribution < -0.4 is 0 Å². The number of carbonyl (C=O) groups is 1. The van der Waals surface area contributed by atoms with Crippen molar-refractivity contribution in [1.29, 1.82) is 0 Å². The molecule has 0 bridgehead atoms. The second-order valence-corrected chi connectivity index (χ2v) is 5.43. The van der Waals surface area contributed by atoms with E-state index in [2.05, 4.69) is 15.0 Å². The maximum Gasteiger partial charge on any atom is 0.376 e. The van der Waals surface area contributed by atoms with Gasteiger partial charge in [-0.15, -0.1) is 11.3 Å². The molecule has 0 spiro atoms. The number of thiophene rings is 1. The molecule has 0 unspecified atom stereocenters. The van der Waals surface area contributed by atoms with E-state index in [1.54, 1.807) is 19.3 Å². The maximum absolute atomic E-state index is 11.7. The first-order chi connectivity index (χ1) is 10.2. The van der Waals surface area contributed by atoms with Crippen molar-refractivity contribution in [2.75, 3.05) is 6.61 Å². The first-order valence-electron chi connectivity index (χ1n) is 6.54. The molecule has 5 nitrogen and oxygen atoms in total. The predicted molar refractivity (Wildman–Crippen MR) is 81.3 cm³/mol. The Kier molecular flexibility index (Phi) is 3.62. The van der Waals surface area contributed by atoms with Gasteiger partial charge in [0, 0.05) is 34.4 Å². The van der Waals surface area contributed by atoms with Crippen LogP contribution in [0.4, 0.5) is 0 Å². The molecule has 0 aliphatic carbocycles. The molecule has 0 atom stereocenters. The number of aryl methyl sites for hydroxylation is 1. The number of pyridine rings is 1. The van der Waals surface area contributed by atoms with Gasteiger partial charge in [-0.25, -0.2) is 14.8 Å². The Hall–Kier alpha value is -2.34. The largest absolute Gasteiger partial charge is 0.460 e. The van der Waals surface area contributed by atoms with Crippen LogP contribution in [0.5, 0.6) is 0 Å². The summed E-state index contributed by atoms with van der Waals surface area (Å²) in [6, 6.07) is 3.90. The van der Waals surface area contributed by atoms with Gasteiger partial charge in [-0.05, 0) is 25.5 Å². The summed E-state index contributed by atoms with van der Waals surface area (Å²) in [4.78, 5) is 26.1. The van der Waals surface area contributed by atoms with Crippen LogP contribution in [0.2, 0.25) is 0 Å². The van der Waals surface area contributed by atoms with E-state index in [0.29, 0.717) is 6.61 Å². The summed E-state index contributed by atoms with van der Waals surface area (Å²) in [6.45, 7) is 4.09. The third kappa shape index (κ3) is 2.50. The zero-order valence-electron chi connectivity index (χ0n) is 11.7. The average molecular weight is 299 g/mol. The SMILES string of the molecule is CCOC(=O)c1ncc2c(C)c(-c3cccnc3)sc2n1. The molecule has 3 rings (SSSR count). The van der Waals surface area contributed by atoms with Gasteiger partial charge in [0.05, 0.1) is 6.61 Å². The van der Waals surface area contributed by atoms with Gasteiger partial charge < -0.3 is 4.74 Å². The Labute approximate surface area is 125 Å². The summed E-state index contributed by atoms with van der Waals surface area (Å²) in [7, 11) is 0. The molecule has 0 aromatic carbocycles. The van der Waals surface area contributed by atoms with Crippen molar-refractivity contribution in [3.05, 3.63) is 42.1 Å². The Morgan fingerprint density at radius 2 is 2.24 bits per heavy atom. The Bertz CT molecular complexity index is 799. The topological polar surface area (TPSA) is 65.0 Å². The van der Waals surface area contributed by atoms with Gasteiger partial charge in [0.1, 0.15) is 4.83 Å². The van der Waals surface area contributed by atoms with E-state index < -0.39 is 5.97 Å². The molecule has 0 N–H and O–H groups in total. The molecule has 0 saturated heterocycles. The summed E-state index contributed by atoms with van der Waals surface area (Å²) in [5.74, 6) is -0.392. The van der Waals surface area contributed by atoms with Gasteiger partial charge in [-0.2, -0.15) is 0 Å². The molecular weight excluding hydrogens is 286 g/mol. The van der Waals surface area contributed by atoms with Crippen LogP contribution in [0.25, 0.3) is 20.7 Å². The minimum Gasteiger partial charge on any atom is -0.460 e. The highest BCUT2D eigenvalue weighted by molar-refractivity contribution is 7.22. The maximum atomic E-state index is 11.7. The van der Waals surface area contributed by atoms with Gasteiger partial charge in [0.15, 0.2) is 0 Å². The predicted octanol–water partition coefficient (Wildman–Crippen LogP) is 3.24. The molecule has 106 valence electrons. The Balaban J connectivity index is 2.10. The second-order valence-electron chi connectivity index (χ2n) is 4.43. The fourth-order valence-electron chi connectivity index (χ4n) is 2.06. The first kappa shape index (κ1) is 13.6. The summed E-state index contributed by atoms with van der Waals surface area (Å²) >= 11 is 1.53. The van der Waals surface area contributed by atoms with Crippen molar-refractivity contribution in [2.24, 2.45) is 0 Å². The number of fused-ring (bicyclic) bond motifs is 1. The van der Waals surface area contributed by atoms with E-state index in [4.69, 9.17) is 4.74 Å². The summed E-state index contributed by atoms with van der Waals surface area (Å²) in [5, 5.41) is 0.951. The fourth-order valence-corrected chi connectivity index (χ4v) is 3.21. The molecule has 0 aliphatic heterocycles. The van der Waals surface area contributed by atoms with E-state index >= 15 is 0 Å². The second kappa shape index (κ2) is 5.57. The monoisotopic (exact) mass is 299 g/mol. The number of rotatable bonds is 3. The third-order valence-corrected chi connectivity index (χ3v) is 4.33. The van der Waals surface area contributed by atoms with Gasteiger partial charge in [0.25, 0.3) is 0 Å². The van der Waals surface area contributed by atoms with Crippen LogP contribution in [0.3, 0.4) is 0 Å². The smallest absolute Gasteiger partial charge is 0.376 e. The molecule has 3 aromatic rings. The summed E-state index contributed by atoms with van der Waals surface area (Å²) in [6.07, 6.45) is 5.24. The van der Waals surface area contributed by atoms with Crippen LogP contribution in [0, 0.1) is 6.92 Å². The number of hydrogen-bond acceptors (Lipinski definition) is 6. The normalized spacial score (nSPS) is 10.8. The molecule has 0 amide bonds. The highest BCUT2D eigenvalue weighted by Crippen LogP contribution is 2.36. The fraction of sp³-hybridized carbons (Fsp3) is 0.200. The lowest BCUT2D eigenvalue weighted by atomic mass is 10.1. The molecule has 21 heavy (non-hydrogen) atoms. The lowest BCUT2D eigenvalue weighted by molar-refractivity contribution is 0.0512. The standard InChI is InChI=1S/C15H13N3O2S/c1-3-20-15(19)13-17-8-11-9(2)12(21-14(11)18-13)10-5-4-6-16-7-10/h4-8H,3H2,1-2H3. The van der Waals surface area contributed by atoms with Gasteiger partial charge in [-0.3, -0.25) is 4.98 Å². The van der Waals surface area contributed by atoms with E-state index in [1.165, 1.54) is 11.3 Å². The van der Waals surface area contributed by atoms with Crippen LogP contribution in [-0.2, 0) is 4.74 Å². The van der Waals surface area contributed by atoms with Gasteiger partial charge in [0.2, 0.25) is 5.82 Å². The highest BCUT2D eigenvalue weighted by atomic mass is 32.1. The van der Waals surface area contributed by atoms with E-state index in [0.717, 1.165) is 26.2 Å². The number of hydrogen-bond donors (Lipinski definition) is 0. The molecule has 0 aliphatic rings. The minimum absolute atomic E-state index is 0.100. The van der Waals surface area contributed by atoms with Crippen LogP contribution in [-0.4, -0.2) is 27.5 Å². The molecule has 0 fully saturated rings. The van der Waals surface area contributed by atoms with Gasteiger partial charge in [-0.1, -0.05) is 6.07 Å². The molecule has 3 aromatic heterocycles. The highest BCUT2D eigenvalue weighted by Gasteiger charge is 2.16. The van der Waals surface area contributed by atoms with E-state index in [1.807, 2.05) is 25.3 Å². The van der Waals surface area contributed by atoms with E-state index in [-0.39, 0.29) is 5.82 Å². The zero-order chi connectivity index (χ0) is 14.8. The molecule has 0 radical (unpaired) electrons. The lowest BCUT2D eigenvalue weighted by Crippen LogP contribution is -2.08. The van der Waals surface area contributed by atoms with Crippen molar-refractivity contribution in [1.82, 2.24) is 15.0 Å². The molecule has 3 heterocycles. The van der Waals surface area contributed by atoms with Crippen molar-refractivity contribution < 1.29 is 9.53 Å². The van der Waals surface area contributed by atoms with Crippen molar-refractivity contribution >= 4 is 27.5 Å². The number of nitrogens with zero attached hydrogens (tertiary/aromatic N) is 3. The lowest BCUT2D eigenvalue weighted by Gasteiger charge is -1.99. The van der Waals surface area contributed by atoms with Crippen LogP contribution >= 0.6 is 11.3 Å². The molecular formula is C15H13N3O2S. The minimum atomic E-state index is -0.492. The van der Waals surface area contributed by atoms with E-state index in [9.17, 15) is 4.79 Å². The van der Waals surface area contributed by atoms with Gasteiger partial charge >= 0.3 is 5.97 Å². The Morgan fingerprint density at radius 3 is 2.95 bits per heavy atom. The summed E-state index contributed by atoms with van der Waals surface area (Å²) < 4.78 is 4.93. The quantitative estimate of drug-likeness (QED) is 0.695. The van der Waals surface area contributed by atoms with Crippen molar-refractivity contribution in [2.45, 2.75) is 13.8 Å². The first-order valence-corrected chi connectivity index (χ1v) is 7.36. The number of aromatic nitrogens is 3. The zero-order valence-corrected chi connectivity index (χ0v) is 12.5. The molecule has 6 heteroatoms. The number of ether oxygens (including phenoxy) is 1. The summed E-state index contributed by atoms with van der Waals surface area (Å²) in [5.41, 5.74) is 2.13. The van der Waals surface area contributed by atoms with Crippen molar-refractivity contribution in [3.63, 3.8) is 0 Å². The number of carbonyl (C=O) groups excluding carboxylic acids is 1. The van der Waals surface area contributed by atoms with Crippen LogP contribution in [0.15, 0.2) is 30.7 Å². The Morgan fingerprint density at radius 1 is 1.38 bits per heavy atom. The third-order valence-electron chi connectivity index (χ3n) is 3.08. The number of esters is 1.